The number of benzene rings is 1. The highest BCUT2D eigenvalue weighted by molar-refractivity contribution is 6.06. The number of morpholine rings is 1. The molecule has 1 atom stereocenters. The molecule has 3 aromatic rings. The summed E-state index contributed by atoms with van der Waals surface area (Å²) in [5, 5.41) is 3.97. The maximum atomic E-state index is 13.0. The monoisotopic (exact) mass is 391 g/mol. The number of pyridine rings is 1. The average Bonchev–Trinajstić information content (AvgIpc) is 2.75. The molecule has 4 rings (SSSR count). The van der Waals surface area contributed by atoms with Gasteiger partial charge in [0.2, 0.25) is 0 Å². The molecule has 1 N–H and O–H groups in total. The van der Waals surface area contributed by atoms with Gasteiger partial charge in [-0.3, -0.25) is 14.7 Å². The quantitative estimate of drug-likeness (QED) is 0.720. The van der Waals surface area contributed by atoms with Gasteiger partial charge in [-0.2, -0.15) is 0 Å². The highest BCUT2D eigenvalue weighted by Crippen LogP contribution is 2.21. The van der Waals surface area contributed by atoms with Crippen molar-refractivity contribution in [1.82, 2.24) is 25.2 Å². The van der Waals surface area contributed by atoms with Crippen LogP contribution in [0.3, 0.4) is 0 Å². The molecule has 1 fully saturated rings. The van der Waals surface area contributed by atoms with Crippen molar-refractivity contribution in [3.05, 3.63) is 65.4 Å². The SMILES string of the molecule is Cc1ccc2c(C(=O)NCC(c3cnc(C)nc3)N3CCOCC3)cccc2n1. The molecule has 29 heavy (non-hydrogen) atoms. The third-order valence-corrected chi connectivity index (χ3v) is 5.24. The summed E-state index contributed by atoms with van der Waals surface area (Å²) in [6.07, 6.45) is 3.69. The smallest absolute Gasteiger partial charge is 0.252 e. The van der Waals surface area contributed by atoms with Gasteiger partial charge in [0.05, 0.1) is 24.8 Å². The first-order chi connectivity index (χ1) is 14.1. The minimum atomic E-state index is -0.104. The number of hydrogen-bond donors (Lipinski definition) is 1. The van der Waals surface area contributed by atoms with Crippen LogP contribution in [0.15, 0.2) is 42.7 Å². The molecule has 7 nitrogen and oxygen atoms in total. The fourth-order valence-electron chi connectivity index (χ4n) is 3.66. The Morgan fingerprint density at radius 1 is 1.14 bits per heavy atom. The van der Waals surface area contributed by atoms with Crippen LogP contribution in [0.2, 0.25) is 0 Å². The number of ether oxygens (including phenoxy) is 1. The number of rotatable bonds is 5. The van der Waals surface area contributed by atoms with Gasteiger partial charge in [0.15, 0.2) is 0 Å². The van der Waals surface area contributed by atoms with E-state index in [0.717, 1.165) is 41.1 Å². The van der Waals surface area contributed by atoms with E-state index in [-0.39, 0.29) is 11.9 Å². The standard InChI is InChI=1S/C22H25N5O2/c1-15-6-7-18-19(4-3-5-20(18)26-15)22(28)25-14-21(27-8-10-29-11-9-27)17-12-23-16(2)24-13-17/h3-7,12-13,21H,8-11,14H2,1-2H3,(H,25,28). The minimum Gasteiger partial charge on any atom is -0.379 e. The Hall–Kier alpha value is -2.90. The lowest BCUT2D eigenvalue weighted by Crippen LogP contribution is -2.44. The second-order valence-electron chi connectivity index (χ2n) is 7.26. The summed E-state index contributed by atoms with van der Waals surface area (Å²) in [7, 11) is 0. The Balaban J connectivity index is 1.55. The van der Waals surface area contributed by atoms with E-state index in [2.05, 4.69) is 25.2 Å². The Kier molecular flexibility index (Phi) is 5.78. The summed E-state index contributed by atoms with van der Waals surface area (Å²) in [6, 6.07) is 9.53. The number of fused-ring (bicyclic) bond motifs is 1. The van der Waals surface area contributed by atoms with Crippen molar-refractivity contribution < 1.29 is 9.53 Å². The van der Waals surface area contributed by atoms with Crippen LogP contribution in [0, 0.1) is 13.8 Å². The lowest BCUT2D eigenvalue weighted by atomic mass is 10.1. The van der Waals surface area contributed by atoms with Gasteiger partial charge in [-0.25, -0.2) is 9.97 Å². The van der Waals surface area contributed by atoms with E-state index in [0.29, 0.717) is 25.3 Å². The molecular weight excluding hydrogens is 366 g/mol. The zero-order valence-electron chi connectivity index (χ0n) is 16.8. The van der Waals surface area contributed by atoms with Gasteiger partial charge in [-0.1, -0.05) is 12.1 Å². The molecule has 0 spiro atoms. The number of amides is 1. The first-order valence-corrected chi connectivity index (χ1v) is 9.87. The summed E-state index contributed by atoms with van der Waals surface area (Å²) in [5.41, 5.74) is 3.39. The first kappa shape index (κ1) is 19.4. The van der Waals surface area contributed by atoms with E-state index >= 15 is 0 Å². The number of aryl methyl sites for hydroxylation is 2. The van der Waals surface area contributed by atoms with Gasteiger partial charge in [0, 0.05) is 54.2 Å². The zero-order chi connectivity index (χ0) is 20.2. The van der Waals surface area contributed by atoms with Gasteiger partial charge in [0.1, 0.15) is 5.82 Å². The molecule has 1 aliphatic heterocycles. The van der Waals surface area contributed by atoms with Crippen molar-refractivity contribution in [2.24, 2.45) is 0 Å². The summed E-state index contributed by atoms with van der Waals surface area (Å²) in [5.74, 6) is 0.629. The molecule has 0 aliphatic carbocycles. The normalized spacial score (nSPS) is 15.9. The van der Waals surface area contributed by atoms with Gasteiger partial charge < -0.3 is 10.1 Å². The van der Waals surface area contributed by atoms with Crippen molar-refractivity contribution in [3.63, 3.8) is 0 Å². The van der Waals surface area contributed by atoms with Crippen LogP contribution in [0.1, 0.15) is 33.5 Å². The van der Waals surface area contributed by atoms with Gasteiger partial charge in [-0.15, -0.1) is 0 Å². The highest BCUT2D eigenvalue weighted by atomic mass is 16.5. The topological polar surface area (TPSA) is 80.2 Å². The van der Waals surface area contributed by atoms with Gasteiger partial charge in [0.25, 0.3) is 5.91 Å². The molecule has 150 valence electrons. The molecule has 1 amide bonds. The van der Waals surface area contributed by atoms with Gasteiger partial charge >= 0.3 is 0 Å². The molecule has 3 heterocycles. The van der Waals surface area contributed by atoms with E-state index < -0.39 is 0 Å². The number of aromatic nitrogens is 3. The van der Waals surface area contributed by atoms with Gasteiger partial charge in [-0.05, 0) is 32.0 Å². The number of carbonyl (C=O) groups excluding carboxylic acids is 1. The fraction of sp³-hybridized carbons (Fsp3) is 0.364. The van der Waals surface area contributed by atoms with Crippen molar-refractivity contribution >= 4 is 16.8 Å². The van der Waals surface area contributed by atoms with Crippen molar-refractivity contribution in [1.29, 1.82) is 0 Å². The second-order valence-corrected chi connectivity index (χ2v) is 7.26. The molecule has 7 heteroatoms. The third-order valence-electron chi connectivity index (χ3n) is 5.24. The summed E-state index contributed by atoms with van der Waals surface area (Å²) < 4.78 is 5.49. The molecule has 2 aromatic heterocycles. The van der Waals surface area contributed by atoms with E-state index in [4.69, 9.17) is 4.74 Å². The lowest BCUT2D eigenvalue weighted by molar-refractivity contribution is 0.0161. The largest absolute Gasteiger partial charge is 0.379 e. The van der Waals surface area contributed by atoms with E-state index in [9.17, 15) is 4.79 Å². The minimum absolute atomic E-state index is 0.00111. The van der Waals surface area contributed by atoms with Crippen LogP contribution in [0.4, 0.5) is 0 Å². The van der Waals surface area contributed by atoms with Crippen LogP contribution in [-0.2, 0) is 4.74 Å². The van der Waals surface area contributed by atoms with E-state index in [1.54, 1.807) is 0 Å². The Labute approximate surface area is 170 Å². The Bertz CT molecular complexity index is 1000. The maximum absolute atomic E-state index is 13.0. The first-order valence-electron chi connectivity index (χ1n) is 9.87. The number of nitrogens with one attached hydrogen (secondary N) is 1. The van der Waals surface area contributed by atoms with Crippen molar-refractivity contribution in [2.75, 3.05) is 32.8 Å². The average molecular weight is 391 g/mol. The third kappa shape index (κ3) is 4.41. The van der Waals surface area contributed by atoms with Crippen LogP contribution in [0.25, 0.3) is 10.9 Å². The number of carbonyl (C=O) groups is 1. The molecule has 1 aromatic carbocycles. The lowest BCUT2D eigenvalue weighted by Gasteiger charge is -2.34. The molecular formula is C22H25N5O2. The van der Waals surface area contributed by atoms with Crippen molar-refractivity contribution in [3.8, 4) is 0 Å². The van der Waals surface area contributed by atoms with Crippen LogP contribution in [-0.4, -0.2) is 58.6 Å². The number of nitrogens with zero attached hydrogens (tertiary/aromatic N) is 4. The molecule has 1 saturated heterocycles. The van der Waals surface area contributed by atoms with Crippen molar-refractivity contribution in [2.45, 2.75) is 19.9 Å². The Morgan fingerprint density at radius 2 is 1.90 bits per heavy atom. The Morgan fingerprint density at radius 3 is 2.66 bits per heavy atom. The second kappa shape index (κ2) is 8.63. The predicted molar refractivity (Wildman–Crippen MR) is 111 cm³/mol. The van der Waals surface area contributed by atoms with Crippen LogP contribution >= 0.6 is 0 Å². The highest BCUT2D eigenvalue weighted by Gasteiger charge is 2.24. The van der Waals surface area contributed by atoms with Crippen LogP contribution in [0.5, 0.6) is 0 Å². The molecule has 1 unspecified atom stereocenters. The predicted octanol–water partition coefficient (Wildman–Crippen LogP) is 2.44. The molecule has 1 aliphatic rings. The molecule has 0 bridgehead atoms. The fourth-order valence-corrected chi connectivity index (χ4v) is 3.66. The summed E-state index contributed by atoms with van der Waals surface area (Å²) >= 11 is 0. The van der Waals surface area contributed by atoms with E-state index in [1.807, 2.05) is 56.6 Å². The maximum Gasteiger partial charge on any atom is 0.252 e. The zero-order valence-corrected chi connectivity index (χ0v) is 16.8. The summed E-state index contributed by atoms with van der Waals surface area (Å²) in [4.78, 5) is 28.5. The summed E-state index contributed by atoms with van der Waals surface area (Å²) in [6.45, 7) is 7.28. The molecule has 0 saturated carbocycles. The van der Waals surface area contributed by atoms with Crippen LogP contribution < -0.4 is 5.32 Å². The molecule has 0 radical (unpaired) electrons. The van der Waals surface area contributed by atoms with E-state index in [1.165, 1.54) is 0 Å². The number of hydrogen-bond acceptors (Lipinski definition) is 6.